The van der Waals surface area contributed by atoms with E-state index in [9.17, 15) is 39.5 Å². The minimum absolute atomic E-state index is 0.246. The van der Waals surface area contributed by atoms with E-state index in [4.69, 9.17) is 0 Å². The summed E-state index contributed by atoms with van der Waals surface area (Å²) in [7, 11) is 0. The third-order valence-electron chi connectivity index (χ3n) is 2.09. The molecule has 1 atom stereocenters. The number of epoxide rings is 1. The lowest BCUT2D eigenvalue weighted by Gasteiger charge is -2.37. The minimum atomic E-state index is -6.68. The Bertz CT molecular complexity index is 261. The van der Waals surface area contributed by atoms with Gasteiger partial charge in [0, 0.05) is 0 Å². The fourth-order valence-electron chi connectivity index (χ4n) is 1.11. The molecular weight excluding hydrogens is 287 g/mol. The Morgan fingerprint density at radius 1 is 0.833 bits per heavy atom. The Kier molecular flexibility index (Phi) is 3.54. The summed E-state index contributed by atoms with van der Waals surface area (Å²) >= 11 is 0. The Balaban J connectivity index is 3.16. The summed E-state index contributed by atoms with van der Waals surface area (Å²) in [5.74, 6) is 0. The molecule has 1 rings (SSSR count). The van der Waals surface area contributed by atoms with Gasteiger partial charge in [0.15, 0.2) is 0 Å². The summed E-state index contributed by atoms with van der Waals surface area (Å²) in [6.45, 7) is -1.69. The van der Waals surface area contributed by atoms with E-state index >= 15 is 0 Å². The van der Waals surface area contributed by atoms with Crippen LogP contribution in [0.15, 0.2) is 0 Å². The highest BCUT2D eigenvalue weighted by Crippen LogP contribution is 2.55. The van der Waals surface area contributed by atoms with E-state index in [2.05, 4.69) is 9.47 Å². The van der Waals surface area contributed by atoms with Crippen molar-refractivity contribution in [3.8, 4) is 0 Å². The molecule has 0 aromatic carbocycles. The molecule has 1 fully saturated rings. The Morgan fingerprint density at radius 3 is 1.39 bits per heavy atom. The Labute approximate surface area is 93.6 Å². The molecule has 1 saturated heterocycles. The molecule has 0 radical (unpaired) electrons. The van der Waals surface area contributed by atoms with Crippen LogP contribution in [0.25, 0.3) is 0 Å². The monoisotopic (exact) mass is 292 g/mol. The van der Waals surface area contributed by atoms with Gasteiger partial charge >= 0.3 is 24.1 Å². The zero-order chi connectivity index (χ0) is 14.4. The first-order chi connectivity index (χ1) is 7.83. The normalized spacial score (nSPS) is 22.2. The van der Waals surface area contributed by atoms with Crippen LogP contribution in [0.3, 0.4) is 0 Å². The second-order valence-corrected chi connectivity index (χ2v) is 3.44. The van der Waals surface area contributed by atoms with Gasteiger partial charge in [-0.3, -0.25) is 0 Å². The summed E-state index contributed by atoms with van der Waals surface area (Å²) < 4.78 is 117. The molecule has 108 valence electrons. The van der Waals surface area contributed by atoms with Crippen molar-refractivity contribution in [2.24, 2.45) is 0 Å². The van der Waals surface area contributed by atoms with E-state index in [1.165, 1.54) is 0 Å². The van der Waals surface area contributed by atoms with Gasteiger partial charge in [0.1, 0.15) is 6.10 Å². The van der Waals surface area contributed by atoms with E-state index in [1.54, 1.807) is 0 Å². The molecule has 2 nitrogen and oxygen atoms in total. The number of halogens is 9. The molecule has 1 aliphatic rings. The van der Waals surface area contributed by atoms with E-state index < -0.39 is 36.8 Å². The summed E-state index contributed by atoms with van der Waals surface area (Å²) in [5.41, 5.74) is -6.20. The first-order valence-corrected chi connectivity index (χ1v) is 4.28. The van der Waals surface area contributed by atoms with Crippen molar-refractivity contribution in [1.29, 1.82) is 0 Å². The second kappa shape index (κ2) is 4.15. The summed E-state index contributed by atoms with van der Waals surface area (Å²) in [6, 6.07) is 0. The van der Waals surface area contributed by atoms with Gasteiger partial charge in [0.2, 0.25) is 0 Å². The summed E-state index contributed by atoms with van der Waals surface area (Å²) in [5, 5.41) is 0. The van der Waals surface area contributed by atoms with E-state index in [0.717, 1.165) is 0 Å². The zero-order valence-electron chi connectivity index (χ0n) is 8.21. The smallest absolute Gasteiger partial charge is 0.371 e. The molecule has 0 spiro atoms. The van der Waals surface area contributed by atoms with E-state index in [1.807, 2.05) is 0 Å². The molecule has 0 bridgehead atoms. The van der Waals surface area contributed by atoms with Crippen molar-refractivity contribution in [3.05, 3.63) is 0 Å². The van der Waals surface area contributed by atoms with E-state index in [0.29, 0.717) is 0 Å². The van der Waals surface area contributed by atoms with Crippen LogP contribution < -0.4 is 0 Å². The number of ether oxygens (including phenoxy) is 2. The van der Waals surface area contributed by atoms with Gasteiger partial charge in [0.05, 0.1) is 13.2 Å². The van der Waals surface area contributed by atoms with Crippen molar-refractivity contribution in [2.45, 2.75) is 30.2 Å². The van der Waals surface area contributed by atoms with Gasteiger partial charge in [0.25, 0.3) is 0 Å². The zero-order valence-corrected chi connectivity index (χ0v) is 8.21. The quantitative estimate of drug-likeness (QED) is 0.589. The van der Waals surface area contributed by atoms with Crippen LogP contribution in [0, 0.1) is 0 Å². The summed E-state index contributed by atoms with van der Waals surface area (Å²) in [6.07, 6.45) is -21.2. The standard InChI is InChI=1S/C7H5F9O2/c8-5(9,10)4(6(11,12)13,7(14,15)16)18-2-3-1-17-3/h3H,1-2H2. The van der Waals surface area contributed by atoms with Crippen molar-refractivity contribution in [1.82, 2.24) is 0 Å². The topological polar surface area (TPSA) is 21.8 Å². The molecule has 0 N–H and O–H groups in total. The van der Waals surface area contributed by atoms with Crippen LogP contribution in [0.1, 0.15) is 0 Å². The maximum atomic E-state index is 12.2. The SMILES string of the molecule is FC(F)(F)C(OCC1CO1)(C(F)(F)F)C(F)(F)F. The molecule has 0 aromatic rings. The molecule has 1 aliphatic heterocycles. The van der Waals surface area contributed by atoms with Crippen LogP contribution in [0.4, 0.5) is 39.5 Å². The van der Waals surface area contributed by atoms with Gasteiger partial charge in [-0.25, -0.2) is 0 Å². The van der Waals surface area contributed by atoms with Crippen LogP contribution in [-0.4, -0.2) is 43.4 Å². The molecule has 1 unspecified atom stereocenters. The minimum Gasteiger partial charge on any atom is -0.371 e. The van der Waals surface area contributed by atoms with E-state index in [-0.39, 0.29) is 6.61 Å². The van der Waals surface area contributed by atoms with Gasteiger partial charge in [-0.15, -0.1) is 0 Å². The first-order valence-electron chi connectivity index (χ1n) is 4.28. The molecule has 18 heavy (non-hydrogen) atoms. The van der Waals surface area contributed by atoms with Crippen molar-refractivity contribution in [3.63, 3.8) is 0 Å². The molecule has 0 aliphatic carbocycles. The molecule has 1 heterocycles. The van der Waals surface area contributed by atoms with Crippen molar-refractivity contribution < 1.29 is 49.0 Å². The molecule has 0 saturated carbocycles. The number of hydrogen-bond donors (Lipinski definition) is 0. The number of rotatable bonds is 3. The highest BCUT2D eigenvalue weighted by atomic mass is 19.4. The Morgan fingerprint density at radius 2 is 1.17 bits per heavy atom. The van der Waals surface area contributed by atoms with Crippen LogP contribution in [-0.2, 0) is 9.47 Å². The van der Waals surface area contributed by atoms with Gasteiger partial charge in [-0.1, -0.05) is 0 Å². The molecule has 0 amide bonds. The van der Waals surface area contributed by atoms with Gasteiger partial charge < -0.3 is 9.47 Å². The molecule has 11 heteroatoms. The average Bonchev–Trinajstić information content (AvgIpc) is 2.79. The molecular formula is C7H5F9O2. The second-order valence-electron chi connectivity index (χ2n) is 3.44. The van der Waals surface area contributed by atoms with Gasteiger partial charge in [-0.05, 0) is 0 Å². The Hall–Kier alpha value is -0.710. The lowest BCUT2D eigenvalue weighted by atomic mass is 10.0. The maximum Gasteiger partial charge on any atom is 0.435 e. The highest BCUT2D eigenvalue weighted by molar-refractivity contribution is 5.02. The predicted molar refractivity (Wildman–Crippen MR) is 36.6 cm³/mol. The van der Waals surface area contributed by atoms with Crippen LogP contribution in [0.5, 0.6) is 0 Å². The van der Waals surface area contributed by atoms with Gasteiger partial charge in [-0.2, -0.15) is 39.5 Å². The lowest BCUT2D eigenvalue weighted by molar-refractivity contribution is -0.457. The maximum absolute atomic E-state index is 12.2. The predicted octanol–water partition coefficient (Wildman–Crippen LogP) is 2.83. The third-order valence-corrected chi connectivity index (χ3v) is 2.09. The van der Waals surface area contributed by atoms with Crippen molar-refractivity contribution >= 4 is 0 Å². The van der Waals surface area contributed by atoms with Crippen LogP contribution in [0.2, 0.25) is 0 Å². The number of hydrogen-bond acceptors (Lipinski definition) is 2. The summed E-state index contributed by atoms with van der Waals surface area (Å²) in [4.78, 5) is 0. The average molecular weight is 292 g/mol. The number of alkyl halides is 9. The fraction of sp³-hybridized carbons (Fsp3) is 1.00. The third kappa shape index (κ3) is 2.51. The van der Waals surface area contributed by atoms with Crippen molar-refractivity contribution in [2.75, 3.05) is 13.2 Å². The van der Waals surface area contributed by atoms with Crippen LogP contribution >= 0.6 is 0 Å². The lowest BCUT2D eigenvalue weighted by Crippen LogP contribution is -2.68. The first kappa shape index (κ1) is 15.3. The molecule has 0 aromatic heterocycles. The fourth-order valence-corrected chi connectivity index (χ4v) is 1.11. The highest BCUT2D eigenvalue weighted by Gasteiger charge is 2.85. The largest absolute Gasteiger partial charge is 0.435 e.